The highest BCUT2D eigenvalue weighted by atomic mass is 35.5. The predicted molar refractivity (Wildman–Crippen MR) is 83.4 cm³/mol. The van der Waals surface area contributed by atoms with Gasteiger partial charge in [0.1, 0.15) is 6.61 Å². The zero-order valence-corrected chi connectivity index (χ0v) is 12.6. The zero-order chi connectivity index (χ0) is 15.9. The van der Waals surface area contributed by atoms with Crippen molar-refractivity contribution in [2.75, 3.05) is 0 Å². The Hall–Kier alpha value is -2.27. The molecule has 1 aromatic carbocycles. The minimum Gasteiger partial charge on any atom is -0.483 e. The molecule has 1 N–H and O–H groups in total. The van der Waals surface area contributed by atoms with E-state index in [0.717, 1.165) is 5.56 Å². The average molecular weight is 322 g/mol. The number of hydrogen-bond acceptors (Lipinski definition) is 3. The van der Waals surface area contributed by atoms with E-state index in [1.807, 2.05) is 12.1 Å². The van der Waals surface area contributed by atoms with Crippen LogP contribution in [0.25, 0.3) is 0 Å². The van der Waals surface area contributed by atoms with Crippen molar-refractivity contribution in [2.45, 2.75) is 26.0 Å². The Morgan fingerprint density at radius 1 is 1.23 bits per heavy atom. The molecule has 0 saturated heterocycles. The fourth-order valence-corrected chi connectivity index (χ4v) is 2.07. The van der Waals surface area contributed by atoms with Crippen molar-refractivity contribution >= 4 is 17.6 Å². The summed E-state index contributed by atoms with van der Waals surface area (Å²) in [6.45, 7) is 0.620. The Labute approximate surface area is 132 Å². The Morgan fingerprint density at radius 2 is 1.95 bits per heavy atom. The molecule has 2 rings (SSSR count). The van der Waals surface area contributed by atoms with Crippen LogP contribution in [-0.4, -0.2) is 15.6 Å². The molecule has 2 aromatic rings. The molecule has 0 atom stereocenters. The molecule has 0 aliphatic heterocycles. The molecule has 0 spiro atoms. The van der Waals surface area contributed by atoms with Gasteiger partial charge in [-0.05, 0) is 36.2 Å². The molecule has 0 radical (unpaired) electrons. The van der Waals surface area contributed by atoms with Gasteiger partial charge in [-0.25, -0.2) is 0 Å². The molecule has 0 aliphatic rings. The first-order chi connectivity index (χ1) is 10.6. The van der Waals surface area contributed by atoms with Crippen molar-refractivity contribution in [3.05, 3.63) is 63.5 Å². The van der Waals surface area contributed by atoms with E-state index >= 15 is 0 Å². The van der Waals surface area contributed by atoms with E-state index in [2.05, 4.69) is 0 Å². The Bertz CT molecular complexity index is 694. The number of halogens is 1. The molecule has 1 heterocycles. The number of hydrogen-bond donors (Lipinski definition) is 1. The number of pyridine rings is 1. The van der Waals surface area contributed by atoms with Crippen LogP contribution in [0.2, 0.25) is 5.02 Å². The van der Waals surface area contributed by atoms with E-state index < -0.39 is 5.97 Å². The molecule has 0 fully saturated rings. The fraction of sp³-hybridized carbons (Fsp3) is 0.250. The maximum Gasteiger partial charge on any atom is 0.303 e. The zero-order valence-electron chi connectivity index (χ0n) is 11.9. The first-order valence-corrected chi connectivity index (χ1v) is 7.22. The molecule has 0 saturated carbocycles. The lowest BCUT2D eigenvalue weighted by Gasteiger charge is -2.09. The van der Waals surface area contributed by atoms with Crippen molar-refractivity contribution in [1.29, 1.82) is 0 Å². The van der Waals surface area contributed by atoms with Gasteiger partial charge in [-0.2, -0.15) is 0 Å². The lowest BCUT2D eigenvalue weighted by molar-refractivity contribution is -0.137. The number of carboxylic acid groups (broad SMARTS) is 1. The summed E-state index contributed by atoms with van der Waals surface area (Å²) < 4.78 is 7.00. The Morgan fingerprint density at radius 3 is 2.64 bits per heavy atom. The van der Waals surface area contributed by atoms with E-state index in [1.165, 1.54) is 4.57 Å². The number of carboxylic acids is 1. The summed E-state index contributed by atoms with van der Waals surface area (Å²) >= 11 is 5.81. The third-order valence-corrected chi connectivity index (χ3v) is 3.33. The molecular formula is C16H16ClNO4. The number of aliphatic carboxylic acids is 1. The van der Waals surface area contributed by atoms with Crippen LogP contribution in [-0.2, 0) is 17.9 Å². The average Bonchev–Trinajstić information content (AvgIpc) is 2.49. The van der Waals surface area contributed by atoms with Gasteiger partial charge in [0.25, 0.3) is 5.56 Å². The van der Waals surface area contributed by atoms with Crippen molar-refractivity contribution in [3.63, 3.8) is 0 Å². The quantitative estimate of drug-likeness (QED) is 0.851. The largest absolute Gasteiger partial charge is 0.483 e. The van der Waals surface area contributed by atoms with Crippen LogP contribution in [0.5, 0.6) is 5.75 Å². The number of aryl methyl sites for hydroxylation is 1. The van der Waals surface area contributed by atoms with Gasteiger partial charge in [-0.15, -0.1) is 0 Å². The maximum absolute atomic E-state index is 12.2. The first-order valence-electron chi connectivity index (χ1n) is 6.85. The smallest absolute Gasteiger partial charge is 0.303 e. The third-order valence-electron chi connectivity index (χ3n) is 3.08. The second-order valence-electron chi connectivity index (χ2n) is 4.78. The molecule has 22 heavy (non-hydrogen) atoms. The maximum atomic E-state index is 12.2. The van der Waals surface area contributed by atoms with E-state index in [4.69, 9.17) is 21.4 Å². The van der Waals surface area contributed by atoms with Gasteiger partial charge < -0.3 is 14.4 Å². The Balaban J connectivity index is 2.00. The van der Waals surface area contributed by atoms with Crippen LogP contribution in [0.4, 0.5) is 0 Å². The second-order valence-corrected chi connectivity index (χ2v) is 5.22. The van der Waals surface area contributed by atoms with Crippen LogP contribution in [0.15, 0.2) is 47.4 Å². The van der Waals surface area contributed by atoms with Crippen LogP contribution in [0.3, 0.4) is 0 Å². The molecule has 0 unspecified atom stereocenters. The van der Waals surface area contributed by atoms with Crippen LogP contribution >= 0.6 is 11.6 Å². The molecule has 0 bridgehead atoms. The van der Waals surface area contributed by atoms with Gasteiger partial charge in [0, 0.05) is 24.2 Å². The standard InChI is InChI=1S/C16H16ClNO4/c17-13-7-5-12(6-8-13)11-22-14-3-1-9-18(16(14)21)10-2-4-15(19)20/h1,3,5-9H,2,4,10-11H2,(H,19,20). The topological polar surface area (TPSA) is 68.5 Å². The normalized spacial score (nSPS) is 10.4. The van der Waals surface area contributed by atoms with Crippen molar-refractivity contribution in [1.82, 2.24) is 4.57 Å². The van der Waals surface area contributed by atoms with Crippen LogP contribution in [0.1, 0.15) is 18.4 Å². The van der Waals surface area contributed by atoms with E-state index in [9.17, 15) is 9.59 Å². The lowest BCUT2D eigenvalue weighted by Crippen LogP contribution is -2.21. The lowest BCUT2D eigenvalue weighted by atomic mass is 10.2. The van der Waals surface area contributed by atoms with Gasteiger partial charge in [0.15, 0.2) is 5.75 Å². The van der Waals surface area contributed by atoms with Gasteiger partial charge >= 0.3 is 5.97 Å². The summed E-state index contributed by atoms with van der Waals surface area (Å²) in [6.07, 6.45) is 2.05. The molecule has 0 aliphatic carbocycles. The Kier molecular flexibility index (Phi) is 5.61. The number of aromatic nitrogens is 1. The number of nitrogens with zero attached hydrogens (tertiary/aromatic N) is 1. The van der Waals surface area contributed by atoms with Gasteiger partial charge in [-0.1, -0.05) is 23.7 Å². The van der Waals surface area contributed by atoms with E-state index in [1.54, 1.807) is 30.5 Å². The number of ether oxygens (including phenoxy) is 1. The summed E-state index contributed by atoms with van der Waals surface area (Å²) in [5.41, 5.74) is 0.645. The highest BCUT2D eigenvalue weighted by molar-refractivity contribution is 6.30. The molecule has 6 heteroatoms. The molecule has 0 amide bonds. The van der Waals surface area contributed by atoms with Crippen molar-refractivity contribution in [2.24, 2.45) is 0 Å². The minimum absolute atomic E-state index is 0.0301. The summed E-state index contributed by atoms with van der Waals surface area (Å²) in [7, 11) is 0. The van der Waals surface area contributed by atoms with Crippen LogP contribution in [0, 0.1) is 0 Å². The van der Waals surface area contributed by atoms with Gasteiger partial charge in [0.2, 0.25) is 0 Å². The van der Waals surface area contributed by atoms with Crippen LogP contribution < -0.4 is 10.3 Å². The first kappa shape index (κ1) is 16.1. The third kappa shape index (κ3) is 4.63. The number of rotatable bonds is 7. The summed E-state index contributed by atoms with van der Waals surface area (Å²) in [5, 5.41) is 9.27. The van der Waals surface area contributed by atoms with Crippen molar-refractivity contribution < 1.29 is 14.6 Å². The van der Waals surface area contributed by atoms with Crippen molar-refractivity contribution in [3.8, 4) is 5.75 Å². The molecular weight excluding hydrogens is 306 g/mol. The number of carbonyl (C=O) groups is 1. The molecule has 116 valence electrons. The molecule has 5 nitrogen and oxygen atoms in total. The number of benzene rings is 1. The SMILES string of the molecule is O=C(O)CCCn1cccc(OCc2ccc(Cl)cc2)c1=O. The second kappa shape index (κ2) is 7.66. The van der Waals surface area contributed by atoms with Gasteiger partial charge in [0.05, 0.1) is 0 Å². The van der Waals surface area contributed by atoms with Gasteiger partial charge in [-0.3, -0.25) is 9.59 Å². The fourth-order valence-electron chi connectivity index (χ4n) is 1.94. The minimum atomic E-state index is -0.872. The van der Waals surface area contributed by atoms with E-state index in [-0.39, 0.29) is 24.3 Å². The highest BCUT2D eigenvalue weighted by Gasteiger charge is 2.05. The van der Waals surface area contributed by atoms with E-state index in [0.29, 0.717) is 18.0 Å². The summed E-state index contributed by atoms with van der Waals surface area (Å²) in [6, 6.07) is 10.5. The highest BCUT2D eigenvalue weighted by Crippen LogP contribution is 2.12. The monoisotopic (exact) mass is 321 g/mol. The predicted octanol–water partition coefficient (Wildman–Crippen LogP) is 2.95. The summed E-state index contributed by atoms with van der Waals surface area (Å²) in [5.74, 6) is -0.629. The molecule has 1 aromatic heterocycles. The summed E-state index contributed by atoms with van der Waals surface area (Å²) in [4.78, 5) is 22.7.